The molecule has 16 heteroatoms. The highest BCUT2D eigenvalue weighted by atomic mass is 16.7. The molecule has 3 rings (SSSR count). The third kappa shape index (κ3) is 5.52. The molecule has 34 heavy (non-hydrogen) atoms. The smallest absolute Gasteiger partial charge is 0.187 e. The molecule has 0 aromatic rings. The Hall–Kier alpha value is -0.640. The molecule has 0 aromatic carbocycles. The summed E-state index contributed by atoms with van der Waals surface area (Å²) in [7, 11) is 0. The van der Waals surface area contributed by atoms with Crippen LogP contribution in [0.2, 0.25) is 0 Å². The first-order valence-corrected chi connectivity index (χ1v) is 10.6. The third-order valence-corrected chi connectivity index (χ3v) is 6.07. The fraction of sp³-hybridized carbons (Fsp3) is 1.00. The summed E-state index contributed by atoms with van der Waals surface area (Å²) in [6.45, 7) is -2.08. The molecule has 16 nitrogen and oxygen atoms in total. The van der Waals surface area contributed by atoms with E-state index in [1.165, 1.54) is 0 Å². The lowest BCUT2D eigenvalue weighted by Gasteiger charge is -2.46. The van der Waals surface area contributed by atoms with Gasteiger partial charge in [0.2, 0.25) is 0 Å². The van der Waals surface area contributed by atoms with Crippen LogP contribution in [0.25, 0.3) is 0 Å². The van der Waals surface area contributed by atoms with E-state index in [0.29, 0.717) is 0 Å². The molecule has 0 radical (unpaired) electrons. The van der Waals surface area contributed by atoms with E-state index in [0.717, 1.165) is 0 Å². The van der Waals surface area contributed by atoms with Crippen LogP contribution in [0.4, 0.5) is 0 Å². The van der Waals surface area contributed by atoms with Crippen molar-refractivity contribution in [3.8, 4) is 0 Å². The maximum Gasteiger partial charge on any atom is 0.187 e. The minimum atomic E-state index is -1.91. The largest absolute Gasteiger partial charge is 0.394 e. The van der Waals surface area contributed by atoms with Gasteiger partial charge in [-0.1, -0.05) is 0 Å². The molecule has 3 aliphatic rings. The molecule has 0 bridgehead atoms. The van der Waals surface area contributed by atoms with E-state index < -0.39 is 112 Å². The number of ether oxygens (including phenoxy) is 5. The SMILES string of the molecule is OC[C@H]1O[C@@H](OC[C@H]2OC(O)[C@H](O)[C@@H](O)[C@@H]2O[C@@H]2O[C@H](CO)[C@@H](O)[C@H](O)[C@H]2O)[C@H](O)[C@@H](O)[C@@H]1O. The molecule has 0 aliphatic carbocycles. The molecule has 0 aromatic heterocycles. The molecule has 0 amide bonds. The van der Waals surface area contributed by atoms with Gasteiger partial charge >= 0.3 is 0 Å². The van der Waals surface area contributed by atoms with Crippen molar-refractivity contribution in [2.24, 2.45) is 0 Å². The lowest BCUT2D eigenvalue weighted by Crippen LogP contribution is -2.65. The summed E-state index contributed by atoms with van der Waals surface area (Å²) in [5, 5.41) is 109. The van der Waals surface area contributed by atoms with Gasteiger partial charge in [0.05, 0.1) is 19.8 Å². The molecule has 11 N–H and O–H groups in total. The topological polar surface area (TPSA) is 269 Å². The van der Waals surface area contributed by atoms with Crippen LogP contribution in [-0.2, 0) is 23.7 Å². The molecule has 0 saturated carbocycles. The van der Waals surface area contributed by atoms with Gasteiger partial charge in [-0.05, 0) is 0 Å². The molecule has 3 heterocycles. The Balaban J connectivity index is 1.72. The maximum atomic E-state index is 10.4. The van der Waals surface area contributed by atoms with Gasteiger partial charge in [0.15, 0.2) is 18.9 Å². The number of rotatable bonds is 7. The molecule has 0 spiro atoms. The zero-order valence-electron chi connectivity index (χ0n) is 17.7. The minimum Gasteiger partial charge on any atom is -0.394 e. The second kappa shape index (κ2) is 11.6. The van der Waals surface area contributed by atoms with Crippen molar-refractivity contribution in [2.45, 2.75) is 92.1 Å². The summed E-state index contributed by atoms with van der Waals surface area (Å²) in [6.07, 6.45) is -25.0. The normalized spacial score (nSPS) is 52.5. The van der Waals surface area contributed by atoms with Crippen LogP contribution in [0.3, 0.4) is 0 Å². The van der Waals surface area contributed by atoms with Gasteiger partial charge in [0, 0.05) is 0 Å². The second-order valence-electron chi connectivity index (χ2n) is 8.37. The lowest BCUT2D eigenvalue weighted by atomic mass is 9.97. The van der Waals surface area contributed by atoms with Crippen molar-refractivity contribution in [3.05, 3.63) is 0 Å². The quantitative estimate of drug-likeness (QED) is 0.154. The highest BCUT2D eigenvalue weighted by molar-refractivity contribution is 4.94. The van der Waals surface area contributed by atoms with Crippen molar-refractivity contribution in [3.63, 3.8) is 0 Å². The average molecular weight is 504 g/mol. The van der Waals surface area contributed by atoms with E-state index in [1.807, 2.05) is 0 Å². The summed E-state index contributed by atoms with van der Waals surface area (Å²) >= 11 is 0. The van der Waals surface area contributed by atoms with Gasteiger partial charge in [0.1, 0.15) is 73.2 Å². The summed E-state index contributed by atoms with van der Waals surface area (Å²) in [5.41, 5.74) is 0. The van der Waals surface area contributed by atoms with Crippen LogP contribution in [0.5, 0.6) is 0 Å². The summed E-state index contributed by atoms with van der Waals surface area (Å²) in [5.74, 6) is 0. The summed E-state index contributed by atoms with van der Waals surface area (Å²) < 4.78 is 26.4. The Bertz CT molecular complexity index is 637. The van der Waals surface area contributed by atoms with E-state index in [-0.39, 0.29) is 0 Å². The highest BCUT2D eigenvalue weighted by Crippen LogP contribution is 2.30. The number of aliphatic hydroxyl groups excluding tert-OH is 11. The van der Waals surface area contributed by atoms with Gasteiger partial charge in [-0.2, -0.15) is 0 Å². The van der Waals surface area contributed by atoms with Crippen LogP contribution in [0.1, 0.15) is 0 Å². The molecular formula is C18H32O16. The fourth-order valence-corrected chi connectivity index (χ4v) is 3.95. The van der Waals surface area contributed by atoms with E-state index >= 15 is 0 Å². The molecule has 1 unspecified atom stereocenters. The molecule has 3 aliphatic heterocycles. The van der Waals surface area contributed by atoms with E-state index in [4.69, 9.17) is 23.7 Å². The predicted molar refractivity (Wildman–Crippen MR) is 101 cm³/mol. The molecule has 15 atom stereocenters. The summed E-state index contributed by atoms with van der Waals surface area (Å²) in [6, 6.07) is 0. The highest BCUT2D eigenvalue weighted by Gasteiger charge is 2.51. The van der Waals surface area contributed by atoms with Gasteiger partial charge in [-0.25, -0.2) is 0 Å². The zero-order chi connectivity index (χ0) is 25.3. The Morgan fingerprint density at radius 2 is 1.00 bits per heavy atom. The van der Waals surface area contributed by atoms with E-state index in [2.05, 4.69) is 0 Å². The Labute approximate surface area is 192 Å². The fourth-order valence-electron chi connectivity index (χ4n) is 3.95. The lowest BCUT2D eigenvalue weighted by molar-refractivity contribution is -0.363. The Morgan fingerprint density at radius 3 is 1.53 bits per heavy atom. The van der Waals surface area contributed by atoms with Gasteiger partial charge in [0.25, 0.3) is 0 Å². The average Bonchev–Trinajstić information content (AvgIpc) is 2.82. The van der Waals surface area contributed by atoms with Crippen molar-refractivity contribution >= 4 is 0 Å². The predicted octanol–water partition coefficient (Wildman–Crippen LogP) is -7.57. The van der Waals surface area contributed by atoms with E-state index in [9.17, 15) is 56.2 Å². The van der Waals surface area contributed by atoms with Crippen molar-refractivity contribution in [1.82, 2.24) is 0 Å². The number of hydrogen-bond donors (Lipinski definition) is 11. The van der Waals surface area contributed by atoms with E-state index in [1.54, 1.807) is 0 Å². The molecule has 200 valence electrons. The maximum absolute atomic E-state index is 10.4. The monoisotopic (exact) mass is 504 g/mol. The van der Waals surface area contributed by atoms with Crippen molar-refractivity contribution < 1.29 is 79.9 Å². The first-order valence-electron chi connectivity index (χ1n) is 10.6. The first-order chi connectivity index (χ1) is 16.0. The summed E-state index contributed by atoms with van der Waals surface area (Å²) in [4.78, 5) is 0. The van der Waals surface area contributed by atoms with Crippen LogP contribution in [0, 0.1) is 0 Å². The van der Waals surface area contributed by atoms with Gasteiger partial charge < -0.3 is 79.9 Å². The van der Waals surface area contributed by atoms with Crippen LogP contribution in [0.15, 0.2) is 0 Å². The van der Waals surface area contributed by atoms with Gasteiger partial charge in [-0.3, -0.25) is 0 Å². The first kappa shape index (κ1) is 27.9. The second-order valence-corrected chi connectivity index (χ2v) is 8.37. The van der Waals surface area contributed by atoms with Gasteiger partial charge in [-0.15, -0.1) is 0 Å². The van der Waals surface area contributed by atoms with Crippen molar-refractivity contribution in [2.75, 3.05) is 19.8 Å². The number of hydrogen-bond acceptors (Lipinski definition) is 16. The van der Waals surface area contributed by atoms with Crippen LogP contribution >= 0.6 is 0 Å². The van der Waals surface area contributed by atoms with Crippen molar-refractivity contribution in [1.29, 1.82) is 0 Å². The minimum absolute atomic E-state index is 0.619. The molecular weight excluding hydrogens is 472 g/mol. The number of aliphatic hydroxyl groups is 11. The molecule has 3 fully saturated rings. The third-order valence-electron chi connectivity index (χ3n) is 6.07. The molecule has 3 saturated heterocycles. The van der Waals surface area contributed by atoms with Crippen LogP contribution in [-0.4, -0.2) is 168 Å². The Kier molecular flexibility index (Phi) is 9.54. The Morgan fingerprint density at radius 1 is 0.500 bits per heavy atom. The zero-order valence-corrected chi connectivity index (χ0v) is 17.7. The standard InChI is InChI=1S/C18H32O16/c19-1-4-7(21)9(23)13(27)17(32-4)30-3-6-15(11(25)12(26)16(29)31-6)34-18-14(28)10(24)8(22)5(2-20)33-18/h4-29H,1-3H2/t4-,5-,6-,7-,8-,9+,10+,11-,12-,13-,14-,15-,16?,17-,18+/m1/s1. The van der Waals surface area contributed by atoms with Crippen LogP contribution < -0.4 is 0 Å².